The summed E-state index contributed by atoms with van der Waals surface area (Å²) in [6.07, 6.45) is 3.38. The molecule has 2 atom stereocenters. The minimum Gasteiger partial charge on any atom is -0.497 e. The van der Waals surface area contributed by atoms with E-state index in [1.54, 1.807) is 7.11 Å². The Balaban J connectivity index is 1.49. The lowest BCUT2D eigenvalue weighted by atomic mass is 9.96. The van der Waals surface area contributed by atoms with E-state index in [0.717, 1.165) is 50.6 Å². The molecule has 0 saturated carbocycles. The molecule has 0 spiro atoms. The van der Waals surface area contributed by atoms with Gasteiger partial charge in [0.25, 0.3) is 0 Å². The molecule has 1 aromatic carbocycles. The number of aliphatic hydroxyl groups is 1. The number of aliphatic hydroxyl groups excluding tert-OH is 1. The molecule has 1 fully saturated rings. The number of fused-ring (bicyclic) bond motifs is 1. The average Bonchev–Trinajstić information content (AvgIpc) is 2.96. The molecular weight excluding hydrogens is 316 g/mol. The zero-order valence-electron chi connectivity index (χ0n) is 15.8. The van der Waals surface area contributed by atoms with Crippen LogP contribution in [-0.2, 0) is 13.0 Å². The molecule has 2 heterocycles. The van der Waals surface area contributed by atoms with E-state index in [1.165, 1.54) is 24.0 Å². The highest BCUT2D eigenvalue weighted by Crippen LogP contribution is 2.36. The smallest absolute Gasteiger partial charge is 0.127 e. The van der Waals surface area contributed by atoms with E-state index in [4.69, 9.17) is 9.47 Å². The summed E-state index contributed by atoms with van der Waals surface area (Å²) in [6.45, 7) is 8.81. The van der Waals surface area contributed by atoms with Gasteiger partial charge in [-0.15, -0.1) is 0 Å². The molecule has 0 aliphatic carbocycles. The molecule has 0 radical (unpaired) electrons. The Labute approximate surface area is 151 Å². The summed E-state index contributed by atoms with van der Waals surface area (Å²) < 4.78 is 11.5. The van der Waals surface area contributed by atoms with Crippen LogP contribution in [0.3, 0.4) is 0 Å². The van der Waals surface area contributed by atoms with Crippen LogP contribution >= 0.6 is 0 Å². The van der Waals surface area contributed by atoms with Gasteiger partial charge in [-0.3, -0.25) is 0 Å². The van der Waals surface area contributed by atoms with Crippen molar-refractivity contribution in [3.05, 3.63) is 23.3 Å². The topological polar surface area (TPSA) is 54.0 Å². The highest BCUT2D eigenvalue weighted by atomic mass is 16.5. The zero-order valence-corrected chi connectivity index (χ0v) is 15.8. The van der Waals surface area contributed by atoms with Crippen molar-refractivity contribution in [1.29, 1.82) is 0 Å². The molecular formula is C20H32N2O3. The average molecular weight is 348 g/mol. The maximum absolute atomic E-state index is 9.50. The van der Waals surface area contributed by atoms with E-state index >= 15 is 0 Å². The van der Waals surface area contributed by atoms with Crippen LogP contribution < -0.4 is 14.8 Å². The van der Waals surface area contributed by atoms with Gasteiger partial charge in [0.15, 0.2) is 0 Å². The Kier molecular flexibility index (Phi) is 6.20. The summed E-state index contributed by atoms with van der Waals surface area (Å²) in [5.74, 6) is 2.68. The first-order valence-electron chi connectivity index (χ1n) is 9.52. The first-order chi connectivity index (χ1) is 12.0. The Morgan fingerprint density at radius 2 is 2.12 bits per heavy atom. The van der Waals surface area contributed by atoms with E-state index in [1.807, 2.05) is 6.92 Å². The Bertz CT molecular complexity index is 568. The first kappa shape index (κ1) is 18.5. The summed E-state index contributed by atoms with van der Waals surface area (Å²) in [5, 5.41) is 13.1. The molecule has 25 heavy (non-hydrogen) atoms. The number of piperidine rings is 1. The molecule has 5 nitrogen and oxygen atoms in total. The Morgan fingerprint density at radius 3 is 2.80 bits per heavy atom. The number of likely N-dealkylation sites (tertiary alicyclic amines) is 1. The zero-order chi connectivity index (χ0) is 17.8. The van der Waals surface area contributed by atoms with Gasteiger partial charge in [0.1, 0.15) is 17.6 Å². The lowest BCUT2D eigenvalue weighted by Crippen LogP contribution is -2.40. The van der Waals surface area contributed by atoms with Crippen LogP contribution in [-0.4, -0.2) is 55.5 Å². The van der Waals surface area contributed by atoms with Gasteiger partial charge in [-0.2, -0.15) is 0 Å². The number of hydrogen-bond donors (Lipinski definition) is 2. The fourth-order valence-electron chi connectivity index (χ4n) is 3.98. The van der Waals surface area contributed by atoms with E-state index in [9.17, 15) is 5.11 Å². The SMILES string of the molecule is COc1cc(CNCC2CCN(C[C@@H](C)O)CC2)c2c(c1)C[C@H](C)O2. The molecule has 0 aromatic heterocycles. The summed E-state index contributed by atoms with van der Waals surface area (Å²) in [6, 6.07) is 4.19. The second kappa shape index (κ2) is 8.39. The number of methoxy groups -OCH3 is 1. The minimum atomic E-state index is -0.229. The molecule has 2 N–H and O–H groups in total. The third-order valence-electron chi connectivity index (χ3n) is 5.26. The molecule has 1 saturated heterocycles. The summed E-state index contributed by atoms with van der Waals surface area (Å²) >= 11 is 0. The molecule has 0 amide bonds. The van der Waals surface area contributed by atoms with Gasteiger partial charge in [0, 0.05) is 30.6 Å². The standard InChI is InChI=1S/C20H32N2O3/c1-14(23)13-22-6-4-16(5-7-22)11-21-12-18-10-19(24-3)9-17-8-15(2)25-20(17)18/h9-10,14-16,21,23H,4-8,11-13H2,1-3H3/t14-,15+/m1/s1. The number of hydrogen-bond acceptors (Lipinski definition) is 5. The van der Waals surface area contributed by atoms with Crippen molar-refractivity contribution >= 4 is 0 Å². The van der Waals surface area contributed by atoms with Crippen molar-refractivity contribution < 1.29 is 14.6 Å². The number of rotatable bonds is 7. The van der Waals surface area contributed by atoms with Crippen molar-refractivity contribution in [2.75, 3.05) is 33.3 Å². The van der Waals surface area contributed by atoms with Crippen LogP contribution in [0.25, 0.3) is 0 Å². The number of ether oxygens (including phenoxy) is 2. The summed E-state index contributed by atoms with van der Waals surface area (Å²) in [5.41, 5.74) is 2.46. The Hall–Kier alpha value is -1.30. The Morgan fingerprint density at radius 1 is 1.36 bits per heavy atom. The highest BCUT2D eigenvalue weighted by molar-refractivity contribution is 5.49. The lowest BCUT2D eigenvalue weighted by molar-refractivity contribution is 0.0998. The van der Waals surface area contributed by atoms with Crippen molar-refractivity contribution in [3.63, 3.8) is 0 Å². The maximum Gasteiger partial charge on any atom is 0.127 e. The maximum atomic E-state index is 9.50. The molecule has 2 aliphatic heterocycles. The number of benzene rings is 1. The molecule has 0 bridgehead atoms. The van der Waals surface area contributed by atoms with E-state index in [-0.39, 0.29) is 12.2 Å². The second-order valence-electron chi connectivity index (χ2n) is 7.63. The molecule has 5 heteroatoms. The molecule has 3 rings (SSSR count). The van der Waals surface area contributed by atoms with Crippen molar-refractivity contribution in [3.8, 4) is 11.5 Å². The minimum absolute atomic E-state index is 0.229. The monoisotopic (exact) mass is 348 g/mol. The fourth-order valence-corrected chi connectivity index (χ4v) is 3.98. The normalized spacial score (nSPS) is 22.5. The van der Waals surface area contributed by atoms with Crippen molar-refractivity contribution in [2.24, 2.45) is 5.92 Å². The largest absolute Gasteiger partial charge is 0.497 e. The fraction of sp³-hybridized carbons (Fsp3) is 0.700. The molecule has 140 valence electrons. The third kappa shape index (κ3) is 4.87. The summed E-state index contributed by atoms with van der Waals surface area (Å²) in [4.78, 5) is 2.37. The van der Waals surface area contributed by atoms with Gasteiger partial charge < -0.3 is 24.8 Å². The number of β-amino-alcohol motifs (C(OH)–C–C–N with tert-alkyl or cyclic N) is 1. The number of nitrogens with one attached hydrogen (secondary N) is 1. The van der Waals surface area contributed by atoms with Crippen LogP contribution in [0.4, 0.5) is 0 Å². The van der Waals surface area contributed by atoms with Crippen LogP contribution in [0.5, 0.6) is 11.5 Å². The van der Waals surface area contributed by atoms with E-state index < -0.39 is 0 Å². The van der Waals surface area contributed by atoms with Gasteiger partial charge in [0.2, 0.25) is 0 Å². The third-order valence-corrected chi connectivity index (χ3v) is 5.26. The first-order valence-corrected chi connectivity index (χ1v) is 9.52. The predicted molar refractivity (Wildman–Crippen MR) is 99.3 cm³/mol. The van der Waals surface area contributed by atoms with E-state index in [2.05, 4.69) is 29.3 Å². The highest BCUT2D eigenvalue weighted by Gasteiger charge is 2.24. The van der Waals surface area contributed by atoms with Crippen molar-refractivity contribution in [1.82, 2.24) is 10.2 Å². The van der Waals surface area contributed by atoms with Gasteiger partial charge in [-0.1, -0.05) is 0 Å². The molecule has 2 aliphatic rings. The number of nitrogens with zero attached hydrogens (tertiary/aromatic N) is 1. The van der Waals surface area contributed by atoms with Crippen molar-refractivity contribution in [2.45, 2.75) is 51.9 Å². The van der Waals surface area contributed by atoms with Crippen LogP contribution in [0.1, 0.15) is 37.8 Å². The van der Waals surface area contributed by atoms with Gasteiger partial charge in [-0.25, -0.2) is 0 Å². The van der Waals surface area contributed by atoms with Gasteiger partial charge in [-0.05, 0) is 64.4 Å². The van der Waals surface area contributed by atoms with Gasteiger partial charge >= 0.3 is 0 Å². The van der Waals surface area contributed by atoms with Crippen LogP contribution in [0.2, 0.25) is 0 Å². The molecule has 1 aromatic rings. The predicted octanol–water partition coefficient (Wildman–Crippen LogP) is 2.20. The lowest BCUT2D eigenvalue weighted by Gasteiger charge is -2.32. The quantitative estimate of drug-likeness (QED) is 0.791. The molecule has 0 unspecified atom stereocenters. The van der Waals surface area contributed by atoms with Gasteiger partial charge in [0.05, 0.1) is 13.2 Å². The van der Waals surface area contributed by atoms with Crippen LogP contribution in [0, 0.1) is 5.92 Å². The van der Waals surface area contributed by atoms with Crippen LogP contribution in [0.15, 0.2) is 12.1 Å². The summed E-state index contributed by atoms with van der Waals surface area (Å²) in [7, 11) is 1.72. The second-order valence-corrected chi connectivity index (χ2v) is 7.63. The van der Waals surface area contributed by atoms with E-state index in [0.29, 0.717) is 5.92 Å².